The molecule has 0 aliphatic heterocycles. The fourth-order valence-electron chi connectivity index (χ4n) is 4.97. The summed E-state index contributed by atoms with van der Waals surface area (Å²) in [6.07, 6.45) is 7.13. The van der Waals surface area contributed by atoms with Gasteiger partial charge in [0.1, 0.15) is 0 Å². The quantitative estimate of drug-likeness (QED) is 0.337. The minimum atomic E-state index is 0.283. The minimum Gasteiger partial charge on any atom is -0.307 e. The standard InChI is InChI=1S/C31H31N5/c32-19-24-9-13-26(14-10-24)22-36(30-8-3-5-28-6-4-18-35-31(28)30)23-27-15-11-25(12-16-27)20-33-21-29-7-1-2-17-34-29/h1-2,4,6-7,9-18,30,33H,3,5,8,20-23H2. The van der Waals surface area contributed by atoms with E-state index < -0.39 is 0 Å². The van der Waals surface area contributed by atoms with Gasteiger partial charge in [0, 0.05) is 38.6 Å². The molecule has 1 atom stereocenters. The Morgan fingerprint density at radius 2 is 1.53 bits per heavy atom. The SMILES string of the molecule is N#Cc1ccc(CN(Cc2ccc(CNCc3ccccn3)cc2)C2CCCc3cccnc32)cc1. The summed E-state index contributed by atoms with van der Waals surface area (Å²) in [5, 5.41) is 12.7. The summed E-state index contributed by atoms with van der Waals surface area (Å²) in [6.45, 7) is 3.24. The number of pyridine rings is 2. The van der Waals surface area contributed by atoms with Crippen LogP contribution >= 0.6 is 0 Å². The Bertz CT molecular complexity index is 1290. The van der Waals surface area contributed by atoms with Gasteiger partial charge in [0.2, 0.25) is 0 Å². The molecule has 1 unspecified atom stereocenters. The van der Waals surface area contributed by atoms with E-state index in [1.54, 1.807) is 0 Å². The molecule has 0 amide bonds. The predicted octanol–water partition coefficient (Wildman–Crippen LogP) is 5.72. The van der Waals surface area contributed by atoms with Crippen molar-refractivity contribution in [2.75, 3.05) is 0 Å². The fraction of sp³-hybridized carbons (Fsp3) is 0.258. The van der Waals surface area contributed by atoms with Gasteiger partial charge in [0.25, 0.3) is 0 Å². The van der Waals surface area contributed by atoms with Crippen LogP contribution in [0.5, 0.6) is 0 Å². The lowest BCUT2D eigenvalue weighted by molar-refractivity contribution is 0.157. The average Bonchev–Trinajstić information content (AvgIpc) is 2.94. The van der Waals surface area contributed by atoms with Crippen molar-refractivity contribution in [1.82, 2.24) is 20.2 Å². The van der Waals surface area contributed by atoms with Crippen molar-refractivity contribution in [3.05, 3.63) is 130 Å². The molecule has 180 valence electrons. The molecule has 2 aromatic heterocycles. The number of aromatic nitrogens is 2. The van der Waals surface area contributed by atoms with Gasteiger partial charge in [-0.3, -0.25) is 14.9 Å². The molecule has 1 aliphatic carbocycles. The summed E-state index contributed by atoms with van der Waals surface area (Å²) in [5.74, 6) is 0. The summed E-state index contributed by atoms with van der Waals surface area (Å²) in [6, 6.07) is 29.7. The zero-order valence-corrected chi connectivity index (χ0v) is 20.5. The van der Waals surface area contributed by atoms with Gasteiger partial charge < -0.3 is 5.32 Å². The zero-order chi connectivity index (χ0) is 24.6. The number of hydrogen-bond acceptors (Lipinski definition) is 5. The van der Waals surface area contributed by atoms with Crippen LogP contribution in [0.1, 0.15) is 58.1 Å². The van der Waals surface area contributed by atoms with E-state index in [-0.39, 0.29) is 6.04 Å². The van der Waals surface area contributed by atoms with Crippen LogP contribution in [0.2, 0.25) is 0 Å². The predicted molar refractivity (Wildman–Crippen MR) is 142 cm³/mol. The van der Waals surface area contributed by atoms with E-state index in [4.69, 9.17) is 4.98 Å². The van der Waals surface area contributed by atoms with E-state index in [0.717, 1.165) is 44.7 Å². The second-order valence-corrected chi connectivity index (χ2v) is 9.41. The highest BCUT2D eigenvalue weighted by molar-refractivity contribution is 5.32. The van der Waals surface area contributed by atoms with Crippen molar-refractivity contribution < 1.29 is 0 Å². The highest BCUT2D eigenvalue weighted by Crippen LogP contribution is 2.34. The molecule has 1 N–H and O–H groups in total. The molecule has 1 aliphatic rings. The van der Waals surface area contributed by atoms with Crippen LogP contribution in [0, 0.1) is 11.3 Å². The fourth-order valence-corrected chi connectivity index (χ4v) is 4.97. The molecule has 0 radical (unpaired) electrons. The number of hydrogen-bond donors (Lipinski definition) is 1. The summed E-state index contributed by atoms with van der Waals surface area (Å²) >= 11 is 0. The maximum absolute atomic E-state index is 9.18. The molecule has 0 spiro atoms. The molecule has 2 aromatic carbocycles. The highest BCUT2D eigenvalue weighted by Gasteiger charge is 2.27. The molecule has 0 fully saturated rings. The van der Waals surface area contributed by atoms with Crippen LogP contribution in [-0.4, -0.2) is 14.9 Å². The number of benzene rings is 2. The van der Waals surface area contributed by atoms with Crippen molar-refractivity contribution >= 4 is 0 Å². The Labute approximate surface area is 213 Å². The molecule has 5 rings (SSSR count). The molecule has 5 heteroatoms. The van der Waals surface area contributed by atoms with Gasteiger partial charge in [-0.05, 0) is 71.8 Å². The van der Waals surface area contributed by atoms with Crippen molar-refractivity contribution in [2.24, 2.45) is 0 Å². The summed E-state index contributed by atoms with van der Waals surface area (Å²) in [5.41, 5.74) is 8.10. The lowest BCUT2D eigenvalue weighted by Crippen LogP contribution is -2.31. The van der Waals surface area contributed by atoms with E-state index in [1.807, 2.05) is 48.8 Å². The third kappa shape index (κ3) is 6.04. The van der Waals surface area contributed by atoms with Crippen LogP contribution in [0.3, 0.4) is 0 Å². The monoisotopic (exact) mass is 473 g/mol. The number of nitrogens with one attached hydrogen (secondary N) is 1. The smallest absolute Gasteiger partial charge is 0.0991 e. The maximum atomic E-state index is 9.18. The second-order valence-electron chi connectivity index (χ2n) is 9.41. The van der Waals surface area contributed by atoms with Gasteiger partial charge in [-0.2, -0.15) is 5.26 Å². The number of rotatable bonds is 9. The van der Waals surface area contributed by atoms with E-state index >= 15 is 0 Å². The van der Waals surface area contributed by atoms with E-state index in [0.29, 0.717) is 5.56 Å². The van der Waals surface area contributed by atoms with Crippen molar-refractivity contribution in [1.29, 1.82) is 5.26 Å². The maximum Gasteiger partial charge on any atom is 0.0991 e. The molecule has 0 saturated heterocycles. The van der Waals surface area contributed by atoms with Crippen molar-refractivity contribution in [3.63, 3.8) is 0 Å². The number of nitrogens with zero attached hydrogens (tertiary/aromatic N) is 4. The Kier molecular flexibility index (Phi) is 7.77. The second kappa shape index (κ2) is 11.7. The summed E-state index contributed by atoms with van der Waals surface area (Å²) in [4.78, 5) is 11.7. The zero-order valence-electron chi connectivity index (χ0n) is 20.5. The Morgan fingerprint density at radius 3 is 2.25 bits per heavy atom. The number of fused-ring (bicyclic) bond motifs is 1. The largest absolute Gasteiger partial charge is 0.307 e. The van der Waals surface area contributed by atoms with E-state index in [2.05, 4.69) is 63.7 Å². The summed E-state index contributed by atoms with van der Waals surface area (Å²) in [7, 11) is 0. The molecule has 4 aromatic rings. The minimum absolute atomic E-state index is 0.283. The van der Waals surface area contributed by atoms with Crippen molar-refractivity contribution in [3.8, 4) is 6.07 Å². The van der Waals surface area contributed by atoms with Gasteiger partial charge in [-0.1, -0.05) is 48.5 Å². The molecular weight excluding hydrogens is 442 g/mol. The third-order valence-electron chi connectivity index (χ3n) is 6.84. The van der Waals surface area contributed by atoms with Gasteiger partial charge >= 0.3 is 0 Å². The molecule has 5 nitrogen and oxygen atoms in total. The Hall–Kier alpha value is -3.85. The van der Waals surface area contributed by atoms with E-state index in [9.17, 15) is 5.26 Å². The Balaban J connectivity index is 1.30. The molecule has 0 bridgehead atoms. The first kappa shape index (κ1) is 23.9. The van der Waals surface area contributed by atoms with Crippen LogP contribution < -0.4 is 5.32 Å². The van der Waals surface area contributed by atoms with Crippen LogP contribution in [0.15, 0.2) is 91.3 Å². The van der Waals surface area contributed by atoms with Crippen LogP contribution in [-0.2, 0) is 32.6 Å². The Morgan fingerprint density at radius 1 is 0.806 bits per heavy atom. The lowest BCUT2D eigenvalue weighted by Gasteiger charge is -2.35. The normalized spacial score (nSPS) is 14.8. The third-order valence-corrected chi connectivity index (χ3v) is 6.84. The summed E-state index contributed by atoms with van der Waals surface area (Å²) < 4.78 is 0. The highest BCUT2D eigenvalue weighted by atomic mass is 15.2. The number of nitriles is 1. The molecule has 2 heterocycles. The van der Waals surface area contributed by atoms with E-state index in [1.165, 1.54) is 34.4 Å². The topological polar surface area (TPSA) is 64.8 Å². The van der Waals surface area contributed by atoms with Crippen LogP contribution in [0.25, 0.3) is 0 Å². The van der Waals surface area contributed by atoms with Gasteiger partial charge in [0.15, 0.2) is 0 Å². The van der Waals surface area contributed by atoms with Crippen LogP contribution in [0.4, 0.5) is 0 Å². The molecular formula is C31H31N5. The lowest BCUT2D eigenvalue weighted by atomic mass is 9.90. The molecule has 36 heavy (non-hydrogen) atoms. The first-order valence-corrected chi connectivity index (χ1v) is 12.6. The van der Waals surface area contributed by atoms with Gasteiger partial charge in [-0.15, -0.1) is 0 Å². The molecule has 0 saturated carbocycles. The number of aryl methyl sites for hydroxylation is 1. The van der Waals surface area contributed by atoms with Gasteiger partial charge in [0.05, 0.1) is 29.1 Å². The van der Waals surface area contributed by atoms with Crippen molar-refractivity contribution in [2.45, 2.75) is 51.5 Å². The first-order chi connectivity index (χ1) is 17.8. The first-order valence-electron chi connectivity index (χ1n) is 12.6. The average molecular weight is 474 g/mol. The van der Waals surface area contributed by atoms with Gasteiger partial charge in [-0.25, -0.2) is 0 Å².